The van der Waals surface area contributed by atoms with E-state index >= 15 is 0 Å². The van der Waals surface area contributed by atoms with Crippen molar-refractivity contribution in [1.82, 2.24) is 10.3 Å². The lowest BCUT2D eigenvalue weighted by molar-refractivity contribution is -0.385. The van der Waals surface area contributed by atoms with Crippen LogP contribution in [0.5, 0.6) is 5.75 Å². The van der Waals surface area contributed by atoms with Crippen LogP contribution in [-0.4, -0.2) is 27.6 Å². The van der Waals surface area contributed by atoms with Crippen molar-refractivity contribution in [2.75, 3.05) is 6.61 Å². The van der Waals surface area contributed by atoms with Gasteiger partial charge in [-0.2, -0.15) is 0 Å². The Balaban J connectivity index is 1.29. The third-order valence-corrected chi connectivity index (χ3v) is 7.89. The van der Waals surface area contributed by atoms with Crippen LogP contribution in [0.15, 0.2) is 72.3 Å². The van der Waals surface area contributed by atoms with Crippen molar-refractivity contribution in [2.24, 2.45) is 4.99 Å². The van der Waals surface area contributed by atoms with Crippen molar-refractivity contribution >= 4 is 73.6 Å². The predicted octanol–water partition coefficient (Wildman–Crippen LogP) is 6.55. The Hall–Kier alpha value is -3.61. The van der Waals surface area contributed by atoms with Gasteiger partial charge in [0.15, 0.2) is 14.6 Å². The highest BCUT2D eigenvalue weighted by Crippen LogP contribution is 2.37. The molecule has 12 heteroatoms. The summed E-state index contributed by atoms with van der Waals surface area (Å²) in [5.41, 5.74) is 1.80. The number of aryl methyl sites for hydroxylation is 1. The van der Waals surface area contributed by atoms with E-state index in [1.807, 2.05) is 31.2 Å². The van der Waals surface area contributed by atoms with Crippen LogP contribution in [-0.2, 0) is 4.79 Å². The number of nitro groups is 1. The molecule has 3 heterocycles. The van der Waals surface area contributed by atoms with Crippen LogP contribution in [0, 0.1) is 17.0 Å². The SMILES string of the molecule is CCOc1ccc2nc(Sc3ccc(/C=C4\SC(=Nc5ccc(C)c([N+](=O)[O-])c5)NC4=O)o3)sc2c1. The van der Waals surface area contributed by atoms with Crippen molar-refractivity contribution < 1.29 is 18.9 Å². The summed E-state index contributed by atoms with van der Waals surface area (Å²) in [5.74, 6) is 1.01. The van der Waals surface area contributed by atoms with E-state index in [1.165, 1.54) is 17.8 Å². The summed E-state index contributed by atoms with van der Waals surface area (Å²) >= 11 is 4.09. The molecule has 1 amide bonds. The summed E-state index contributed by atoms with van der Waals surface area (Å²) in [6, 6.07) is 14.1. The maximum Gasteiger partial charge on any atom is 0.274 e. The van der Waals surface area contributed by atoms with Crippen molar-refractivity contribution in [3.05, 3.63) is 74.9 Å². The second-order valence-electron chi connectivity index (χ2n) is 7.51. The molecule has 0 aliphatic carbocycles. The molecule has 0 spiro atoms. The number of aliphatic imine (C=N–C) groups is 1. The van der Waals surface area contributed by atoms with Gasteiger partial charge in [0.1, 0.15) is 11.5 Å². The van der Waals surface area contributed by atoms with E-state index in [0.29, 0.717) is 38.8 Å². The van der Waals surface area contributed by atoms with Gasteiger partial charge in [0.05, 0.1) is 32.3 Å². The van der Waals surface area contributed by atoms with Crippen LogP contribution >= 0.6 is 34.9 Å². The van der Waals surface area contributed by atoms with Crippen LogP contribution in [0.25, 0.3) is 16.3 Å². The first-order valence-corrected chi connectivity index (χ1v) is 13.2. The van der Waals surface area contributed by atoms with E-state index in [1.54, 1.807) is 42.5 Å². The number of hydrogen-bond donors (Lipinski definition) is 1. The third kappa shape index (κ3) is 5.30. The number of nitro benzene ring substituents is 1. The number of amidine groups is 1. The highest BCUT2D eigenvalue weighted by molar-refractivity contribution is 8.18. The minimum atomic E-state index is -0.455. The van der Waals surface area contributed by atoms with E-state index in [2.05, 4.69) is 15.3 Å². The molecule has 4 aromatic rings. The smallest absolute Gasteiger partial charge is 0.274 e. The zero-order valence-electron chi connectivity index (χ0n) is 19.0. The second-order valence-corrected chi connectivity index (χ2v) is 10.8. The standard InChI is InChI=1S/C24H18N4O5S3/c1-3-32-15-6-8-17-19(11-15)35-24(26-17)36-21-9-7-16(33-21)12-20-22(29)27-23(34-20)25-14-5-4-13(2)18(10-14)28(30)31/h4-12H,3H2,1-2H3,(H,25,27,29)/b20-12-. The molecule has 1 aliphatic rings. The van der Waals surface area contributed by atoms with Crippen LogP contribution < -0.4 is 10.1 Å². The van der Waals surface area contributed by atoms with Gasteiger partial charge < -0.3 is 14.5 Å². The van der Waals surface area contributed by atoms with Gasteiger partial charge in [-0.1, -0.05) is 6.07 Å². The summed E-state index contributed by atoms with van der Waals surface area (Å²) in [6.07, 6.45) is 1.64. The molecular weight excluding hydrogens is 520 g/mol. The Morgan fingerprint density at radius 3 is 2.92 bits per heavy atom. The molecule has 5 rings (SSSR count). The minimum absolute atomic E-state index is 0.0228. The summed E-state index contributed by atoms with van der Waals surface area (Å²) in [4.78, 5) is 32.5. The van der Waals surface area contributed by atoms with Gasteiger partial charge in [-0.05, 0) is 73.8 Å². The average molecular weight is 539 g/mol. The maximum absolute atomic E-state index is 12.4. The van der Waals surface area contributed by atoms with Crippen molar-refractivity contribution in [2.45, 2.75) is 23.3 Å². The number of fused-ring (bicyclic) bond motifs is 1. The number of rotatable bonds is 7. The number of thiazole rings is 1. The van der Waals surface area contributed by atoms with Gasteiger partial charge in [-0.25, -0.2) is 9.98 Å². The summed E-state index contributed by atoms with van der Waals surface area (Å²) < 4.78 is 13.3. The lowest BCUT2D eigenvalue weighted by Crippen LogP contribution is -2.19. The number of carbonyl (C=O) groups is 1. The molecule has 0 radical (unpaired) electrons. The predicted molar refractivity (Wildman–Crippen MR) is 142 cm³/mol. The number of aromatic nitrogens is 1. The molecule has 0 bridgehead atoms. The monoisotopic (exact) mass is 538 g/mol. The van der Waals surface area contributed by atoms with Crippen LogP contribution in [0.3, 0.4) is 0 Å². The molecule has 9 nitrogen and oxygen atoms in total. The molecule has 0 unspecified atom stereocenters. The summed E-state index contributed by atoms with van der Waals surface area (Å²) in [6.45, 7) is 4.21. The third-order valence-electron chi connectivity index (χ3n) is 4.99. The van der Waals surface area contributed by atoms with E-state index in [0.717, 1.165) is 32.1 Å². The minimum Gasteiger partial charge on any atom is -0.494 e. The molecule has 2 aromatic carbocycles. The van der Waals surface area contributed by atoms with Crippen molar-refractivity contribution in [1.29, 1.82) is 0 Å². The molecule has 1 aliphatic heterocycles. The lowest BCUT2D eigenvalue weighted by Gasteiger charge is -2.00. The molecular formula is C24H18N4O5S3. The first-order valence-electron chi connectivity index (χ1n) is 10.7. The van der Waals surface area contributed by atoms with E-state index < -0.39 is 4.92 Å². The molecule has 2 aromatic heterocycles. The van der Waals surface area contributed by atoms with E-state index in [4.69, 9.17) is 9.15 Å². The Bertz CT molecular complexity index is 1560. The number of nitrogens with zero attached hydrogens (tertiary/aromatic N) is 3. The number of thioether (sulfide) groups is 1. The van der Waals surface area contributed by atoms with Gasteiger partial charge in [0.25, 0.3) is 11.6 Å². The molecule has 182 valence electrons. The fraction of sp³-hybridized carbons (Fsp3) is 0.125. The number of carbonyl (C=O) groups excluding carboxylic acids is 1. The largest absolute Gasteiger partial charge is 0.494 e. The van der Waals surface area contributed by atoms with Gasteiger partial charge in [0.2, 0.25) is 0 Å². The molecule has 1 N–H and O–H groups in total. The zero-order valence-corrected chi connectivity index (χ0v) is 21.5. The fourth-order valence-electron chi connectivity index (χ4n) is 3.33. The number of nitrogens with one attached hydrogen (secondary N) is 1. The number of amides is 1. The second kappa shape index (κ2) is 10.2. The molecule has 1 saturated heterocycles. The lowest BCUT2D eigenvalue weighted by atomic mass is 10.2. The Morgan fingerprint density at radius 2 is 2.11 bits per heavy atom. The highest BCUT2D eigenvalue weighted by atomic mass is 32.2. The van der Waals surface area contributed by atoms with Crippen LogP contribution in [0.2, 0.25) is 0 Å². The van der Waals surface area contributed by atoms with Crippen LogP contribution in [0.1, 0.15) is 18.2 Å². The first-order chi connectivity index (χ1) is 17.4. The summed E-state index contributed by atoms with van der Waals surface area (Å²) in [7, 11) is 0. The van der Waals surface area contributed by atoms with E-state index in [-0.39, 0.29) is 11.6 Å². The van der Waals surface area contributed by atoms with Gasteiger partial charge >= 0.3 is 0 Å². The molecule has 36 heavy (non-hydrogen) atoms. The van der Waals surface area contributed by atoms with Crippen molar-refractivity contribution in [3.8, 4) is 5.75 Å². The quantitative estimate of drug-likeness (QED) is 0.160. The maximum atomic E-state index is 12.4. The van der Waals surface area contributed by atoms with Gasteiger partial charge in [-0.15, -0.1) is 11.3 Å². The highest BCUT2D eigenvalue weighted by Gasteiger charge is 2.25. The Kier molecular flexibility index (Phi) is 6.81. The number of hydrogen-bond acceptors (Lipinski definition) is 10. The first kappa shape index (κ1) is 24.1. The molecule has 0 atom stereocenters. The van der Waals surface area contributed by atoms with Crippen molar-refractivity contribution in [3.63, 3.8) is 0 Å². The van der Waals surface area contributed by atoms with Gasteiger partial charge in [0, 0.05) is 17.7 Å². The number of ether oxygens (including phenoxy) is 1. The van der Waals surface area contributed by atoms with E-state index in [9.17, 15) is 14.9 Å². The zero-order chi connectivity index (χ0) is 25.2. The summed E-state index contributed by atoms with van der Waals surface area (Å²) in [5, 5.41) is 14.8. The fourth-order valence-corrected chi connectivity index (χ4v) is 6.15. The normalized spacial score (nSPS) is 15.7. The molecule has 0 saturated carbocycles. The Labute approximate surface area is 217 Å². The number of furan rings is 1. The Morgan fingerprint density at radius 1 is 1.25 bits per heavy atom. The topological polar surface area (TPSA) is 120 Å². The number of benzene rings is 2. The van der Waals surface area contributed by atoms with Gasteiger partial charge in [-0.3, -0.25) is 14.9 Å². The van der Waals surface area contributed by atoms with Crippen LogP contribution in [0.4, 0.5) is 11.4 Å². The molecule has 1 fully saturated rings. The average Bonchev–Trinajstić information content (AvgIpc) is 3.54.